The van der Waals surface area contributed by atoms with Crippen molar-refractivity contribution in [2.75, 3.05) is 34.3 Å². The minimum Gasteiger partial charge on any atom is -0.493 e. The van der Waals surface area contributed by atoms with Gasteiger partial charge in [0, 0.05) is 19.3 Å². The number of amides is 1. The van der Waals surface area contributed by atoms with E-state index in [2.05, 4.69) is 10.3 Å². The zero-order valence-corrected chi connectivity index (χ0v) is 13.0. The number of ether oxygens (including phenoxy) is 1. The molecule has 0 aliphatic carbocycles. The van der Waals surface area contributed by atoms with Crippen molar-refractivity contribution >= 4 is 11.6 Å². The molecule has 6 nitrogen and oxygen atoms in total. The molecule has 2 rings (SSSR count). The Bertz CT molecular complexity index is 634. The van der Waals surface area contributed by atoms with E-state index >= 15 is 0 Å². The standard InChI is InChI=1S/C15H22N4O2/c1-5-11-13(15(20)16-8-10-18(2)3)19-9-6-7-12(21-4)14(19)17-11/h6-7,9H,5,8,10H2,1-4H3,(H,16,20). The molecule has 114 valence electrons. The van der Waals surface area contributed by atoms with Crippen molar-refractivity contribution in [3.8, 4) is 5.75 Å². The highest BCUT2D eigenvalue weighted by Crippen LogP contribution is 2.22. The summed E-state index contributed by atoms with van der Waals surface area (Å²) in [4.78, 5) is 19.0. The van der Waals surface area contributed by atoms with Gasteiger partial charge in [0.05, 0.1) is 12.8 Å². The van der Waals surface area contributed by atoms with Crippen LogP contribution in [-0.2, 0) is 6.42 Å². The molecular weight excluding hydrogens is 268 g/mol. The summed E-state index contributed by atoms with van der Waals surface area (Å²) in [6.07, 6.45) is 2.53. The molecule has 21 heavy (non-hydrogen) atoms. The molecule has 0 aliphatic rings. The van der Waals surface area contributed by atoms with Crippen molar-refractivity contribution in [3.05, 3.63) is 29.7 Å². The Morgan fingerprint density at radius 3 is 2.86 bits per heavy atom. The normalized spacial score (nSPS) is 11.1. The predicted molar refractivity (Wildman–Crippen MR) is 82.0 cm³/mol. The third-order valence-corrected chi connectivity index (χ3v) is 3.30. The summed E-state index contributed by atoms with van der Waals surface area (Å²) >= 11 is 0. The fraction of sp³-hybridized carbons (Fsp3) is 0.467. The van der Waals surface area contributed by atoms with E-state index in [0.29, 0.717) is 30.1 Å². The lowest BCUT2D eigenvalue weighted by Crippen LogP contribution is -2.32. The first-order chi connectivity index (χ1) is 10.1. The second kappa shape index (κ2) is 6.58. The van der Waals surface area contributed by atoms with Gasteiger partial charge < -0.3 is 15.0 Å². The first-order valence-corrected chi connectivity index (χ1v) is 7.05. The van der Waals surface area contributed by atoms with Crippen LogP contribution in [0.2, 0.25) is 0 Å². The summed E-state index contributed by atoms with van der Waals surface area (Å²) in [6, 6.07) is 3.69. The number of hydrogen-bond donors (Lipinski definition) is 1. The van der Waals surface area contributed by atoms with E-state index < -0.39 is 0 Å². The fourth-order valence-electron chi connectivity index (χ4n) is 2.21. The van der Waals surface area contributed by atoms with Crippen LogP contribution in [0.1, 0.15) is 23.1 Å². The van der Waals surface area contributed by atoms with Crippen molar-refractivity contribution < 1.29 is 9.53 Å². The van der Waals surface area contributed by atoms with Gasteiger partial charge in [0.15, 0.2) is 11.4 Å². The Hall–Kier alpha value is -2.08. The summed E-state index contributed by atoms with van der Waals surface area (Å²) in [7, 11) is 5.55. The zero-order valence-electron chi connectivity index (χ0n) is 13.0. The van der Waals surface area contributed by atoms with Crippen LogP contribution in [0, 0.1) is 0 Å². The van der Waals surface area contributed by atoms with Crippen molar-refractivity contribution in [2.24, 2.45) is 0 Å². The minimum atomic E-state index is -0.102. The fourth-order valence-corrected chi connectivity index (χ4v) is 2.21. The highest BCUT2D eigenvalue weighted by molar-refractivity contribution is 5.95. The molecule has 0 saturated heterocycles. The van der Waals surface area contributed by atoms with Gasteiger partial charge in [-0.1, -0.05) is 6.92 Å². The number of likely N-dealkylation sites (N-methyl/N-ethyl adjacent to an activating group) is 1. The number of rotatable bonds is 6. The lowest BCUT2D eigenvalue weighted by Gasteiger charge is -2.11. The first-order valence-electron chi connectivity index (χ1n) is 7.05. The zero-order chi connectivity index (χ0) is 15.4. The van der Waals surface area contributed by atoms with Gasteiger partial charge in [0.25, 0.3) is 5.91 Å². The lowest BCUT2D eigenvalue weighted by atomic mass is 10.2. The summed E-state index contributed by atoms with van der Waals surface area (Å²) in [6.45, 7) is 3.39. The summed E-state index contributed by atoms with van der Waals surface area (Å²) < 4.78 is 7.11. The van der Waals surface area contributed by atoms with Gasteiger partial charge in [-0.2, -0.15) is 0 Å². The molecule has 0 fully saturated rings. The topological polar surface area (TPSA) is 58.9 Å². The number of pyridine rings is 1. The molecule has 0 aliphatic heterocycles. The number of nitrogens with one attached hydrogen (secondary N) is 1. The van der Waals surface area contributed by atoms with Crippen LogP contribution in [0.5, 0.6) is 5.75 Å². The molecule has 0 unspecified atom stereocenters. The second-order valence-electron chi connectivity index (χ2n) is 5.09. The summed E-state index contributed by atoms with van der Waals surface area (Å²) in [5.74, 6) is 0.564. The number of nitrogens with zero attached hydrogens (tertiary/aromatic N) is 3. The molecule has 2 heterocycles. The van der Waals surface area contributed by atoms with E-state index in [0.717, 1.165) is 12.2 Å². The number of aromatic nitrogens is 2. The van der Waals surface area contributed by atoms with Gasteiger partial charge in [-0.3, -0.25) is 9.20 Å². The van der Waals surface area contributed by atoms with Crippen LogP contribution in [0.3, 0.4) is 0 Å². The highest BCUT2D eigenvalue weighted by atomic mass is 16.5. The van der Waals surface area contributed by atoms with E-state index in [1.807, 2.05) is 44.2 Å². The van der Waals surface area contributed by atoms with Crippen molar-refractivity contribution in [2.45, 2.75) is 13.3 Å². The molecular formula is C15H22N4O2. The van der Waals surface area contributed by atoms with Crippen LogP contribution in [0.15, 0.2) is 18.3 Å². The van der Waals surface area contributed by atoms with Crippen LogP contribution in [0.25, 0.3) is 5.65 Å². The first kappa shape index (κ1) is 15.3. The monoisotopic (exact) mass is 290 g/mol. The number of carbonyl (C=O) groups is 1. The van der Waals surface area contributed by atoms with Crippen molar-refractivity contribution in [1.29, 1.82) is 0 Å². The molecule has 0 aromatic carbocycles. The molecule has 2 aromatic heterocycles. The Morgan fingerprint density at radius 2 is 2.24 bits per heavy atom. The number of fused-ring (bicyclic) bond motifs is 1. The Kier molecular flexibility index (Phi) is 4.80. The Balaban J connectivity index is 2.35. The summed E-state index contributed by atoms with van der Waals surface area (Å²) in [5, 5.41) is 2.94. The van der Waals surface area contributed by atoms with Crippen LogP contribution in [-0.4, -0.2) is 54.5 Å². The van der Waals surface area contributed by atoms with Crippen molar-refractivity contribution in [1.82, 2.24) is 19.6 Å². The van der Waals surface area contributed by atoms with Gasteiger partial charge in [-0.25, -0.2) is 4.98 Å². The third kappa shape index (κ3) is 3.16. The number of aryl methyl sites for hydroxylation is 1. The molecule has 1 amide bonds. The quantitative estimate of drug-likeness (QED) is 0.868. The van der Waals surface area contributed by atoms with E-state index in [-0.39, 0.29) is 5.91 Å². The molecule has 0 saturated carbocycles. The molecule has 1 N–H and O–H groups in total. The van der Waals surface area contributed by atoms with Gasteiger partial charge >= 0.3 is 0 Å². The number of hydrogen-bond acceptors (Lipinski definition) is 4. The van der Waals surface area contributed by atoms with Gasteiger partial charge in [-0.15, -0.1) is 0 Å². The average Bonchev–Trinajstić information content (AvgIpc) is 2.85. The molecule has 2 aromatic rings. The van der Waals surface area contributed by atoms with E-state index in [4.69, 9.17) is 4.74 Å². The Morgan fingerprint density at radius 1 is 1.48 bits per heavy atom. The number of methoxy groups -OCH3 is 1. The van der Waals surface area contributed by atoms with Crippen molar-refractivity contribution in [3.63, 3.8) is 0 Å². The third-order valence-electron chi connectivity index (χ3n) is 3.30. The van der Waals surface area contributed by atoms with E-state index in [1.165, 1.54) is 0 Å². The maximum atomic E-state index is 12.4. The van der Waals surface area contributed by atoms with Crippen LogP contribution < -0.4 is 10.1 Å². The van der Waals surface area contributed by atoms with Crippen LogP contribution >= 0.6 is 0 Å². The maximum Gasteiger partial charge on any atom is 0.270 e. The van der Waals surface area contributed by atoms with Gasteiger partial charge in [0.2, 0.25) is 0 Å². The lowest BCUT2D eigenvalue weighted by molar-refractivity contribution is 0.0944. The molecule has 6 heteroatoms. The average molecular weight is 290 g/mol. The number of carbonyl (C=O) groups excluding carboxylic acids is 1. The second-order valence-corrected chi connectivity index (χ2v) is 5.09. The number of imidazole rings is 1. The van der Waals surface area contributed by atoms with Gasteiger partial charge in [-0.05, 0) is 32.6 Å². The van der Waals surface area contributed by atoms with E-state index in [1.54, 1.807) is 11.5 Å². The minimum absolute atomic E-state index is 0.102. The molecule has 0 spiro atoms. The SMILES string of the molecule is CCc1nc2c(OC)cccn2c1C(=O)NCCN(C)C. The Labute approximate surface area is 124 Å². The molecule has 0 radical (unpaired) electrons. The van der Waals surface area contributed by atoms with Crippen LogP contribution in [0.4, 0.5) is 0 Å². The smallest absolute Gasteiger partial charge is 0.270 e. The largest absolute Gasteiger partial charge is 0.493 e. The maximum absolute atomic E-state index is 12.4. The van der Waals surface area contributed by atoms with E-state index in [9.17, 15) is 4.79 Å². The molecule has 0 bridgehead atoms. The van der Waals surface area contributed by atoms with Gasteiger partial charge in [0.1, 0.15) is 5.69 Å². The predicted octanol–water partition coefficient (Wildman–Crippen LogP) is 1.20. The highest BCUT2D eigenvalue weighted by Gasteiger charge is 2.19. The summed E-state index contributed by atoms with van der Waals surface area (Å²) in [5.41, 5.74) is 2.04. The molecule has 0 atom stereocenters.